The molecule has 2 aromatic rings. The van der Waals surface area contributed by atoms with Crippen LogP contribution in [-0.4, -0.2) is 64.0 Å². The van der Waals surface area contributed by atoms with Crippen molar-refractivity contribution in [2.75, 3.05) is 41.3 Å². The number of carbonyl (C=O) groups excluding carboxylic acids is 2. The van der Waals surface area contributed by atoms with E-state index in [1.54, 1.807) is 39.2 Å². The first-order valence-corrected chi connectivity index (χ1v) is 10.0. The number of nitrogens with one attached hydrogen (secondary N) is 3. The van der Waals surface area contributed by atoms with Gasteiger partial charge >= 0.3 is 0 Å². The molecular formula is C23H31N5O2. The minimum Gasteiger partial charge on any atom is -0.356 e. The van der Waals surface area contributed by atoms with Crippen LogP contribution in [0.3, 0.4) is 0 Å². The zero-order valence-electron chi connectivity index (χ0n) is 18.2. The Labute approximate surface area is 178 Å². The highest BCUT2D eigenvalue weighted by atomic mass is 16.2. The van der Waals surface area contributed by atoms with E-state index in [1.807, 2.05) is 42.5 Å². The van der Waals surface area contributed by atoms with Crippen LogP contribution in [0.4, 0.5) is 0 Å². The number of amides is 2. The number of hydrogen-bond donors (Lipinski definition) is 3. The Kier molecular flexibility index (Phi) is 8.87. The number of carbonyl (C=O) groups is 2. The summed E-state index contributed by atoms with van der Waals surface area (Å²) in [6.07, 6.45) is 1.56. The van der Waals surface area contributed by atoms with E-state index in [0.29, 0.717) is 24.2 Å². The van der Waals surface area contributed by atoms with Crippen molar-refractivity contribution in [2.45, 2.75) is 12.8 Å². The molecule has 7 nitrogen and oxygen atoms in total. The van der Waals surface area contributed by atoms with E-state index in [1.165, 1.54) is 0 Å². The number of guanidine groups is 1. The Bertz CT molecular complexity index is 893. The van der Waals surface area contributed by atoms with Gasteiger partial charge in [-0.3, -0.25) is 14.6 Å². The molecule has 2 aromatic carbocycles. The van der Waals surface area contributed by atoms with E-state index in [4.69, 9.17) is 0 Å². The van der Waals surface area contributed by atoms with Gasteiger partial charge in [0.25, 0.3) is 11.8 Å². The molecule has 0 aliphatic rings. The molecule has 0 unspecified atom stereocenters. The molecule has 0 fully saturated rings. The molecule has 0 aromatic heterocycles. The zero-order chi connectivity index (χ0) is 21.9. The molecule has 30 heavy (non-hydrogen) atoms. The maximum Gasteiger partial charge on any atom is 0.253 e. The van der Waals surface area contributed by atoms with Gasteiger partial charge in [0.05, 0.1) is 0 Å². The zero-order valence-corrected chi connectivity index (χ0v) is 18.2. The molecule has 0 spiro atoms. The van der Waals surface area contributed by atoms with Crippen molar-refractivity contribution in [3.05, 3.63) is 70.8 Å². The van der Waals surface area contributed by atoms with Crippen molar-refractivity contribution in [3.8, 4) is 0 Å². The van der Waals surface area contributed by atoms with Crippen LogP contribution >= 0.6 is 0 Å². The number of hydrogen-bond acceptors (Lipinski definition) is 3. The second-order valence-corrected chi connectivity index (χ2v) is 7.11. The molecule has 2 amide bonds. The van der Waals surface area contributed by atoms with Crippen LogP contribution in [0.15, 0.2) is 53.5 Å². The quantitative estimate of drug-likeness (QED) is 0.458. The van der Waals surface area contributed by atoms with Gasteiger partial charge in [0.1, 0.15) is 0 Å². The van der Waals surface area contributed by atoms with Gasteiger partial charge in [-0.2, -0.15) is 0 Å². The maximum absolute atomic E-state index is 12.1. The summed E-state index contributed by atoms with van der Waals surface area (Å²) in [6.45, 7) is 1.40. The predicted molar refractivity (Wildman–Crippen MR) is 121 cm³/mol. The van der Waals surface area contributed by atoms with E-state index < -0.39 is 0 Å². The van der Waals surface area contributed by atoms with Gasteiger partial charge < -0.3 is 20.9 Å². The third-order valence-corrected chi connectivity index (χ3v) is 4.63. The predicted octanol–water partition coefficient (Wildman–Crippen LogP) is 1.70. The van der Waals surface area contributed by atoms with E-state index >= 15 is 0 Å². The summed E-state index contributed by atoms with van der Waals surface area (Å²) < 4.78 is 0. The van der Waals surface area contributed by atoms with Gasteiger partial charge in [0.2, 0.25) is 0 Å². The highest BCUT2D eigenvalue weighted by Crippen LogP contribution is 2.08. The fourth-order valence-corrected chi connectivity index (χ4v) is 3.00. The summed E-state index contributed by atoms with van der Waals surface area (Å²) in [5.41, 5.74) is 3.53. The van der Waals surface area contributed by atoms with E-state index in [9.17, 15) is 9.59 Å². The van der Waals surface area contributed by atoms with Crippen LogP contribution in [0.2, 0.25) is 0 Å². The summed E-state index contributed by atoms with van der Waals surface area (Å²) in [6, 6.07) is 15.3. The lowest BCUT2D eigenvalue weighted by molar-refractivity contribution is 0.0827. The lowest BCUT2D eigenvalue weighted by Crippen LogP contribution is -2.39. The first kappa shape index (κ1) is 22.9. The van der Waals surface area contributed by atoms with Crippen molar-refractivity contribution in [3.63, 3.8) is 0 Å². The van der Waals surface area contributed by atoms with Gasteiger partial charge in [0.15, 0.2) is 5.96 Å². The summed E-state index contributed by atoms with van der Waals surface area (Å²) in [5.74, 6) is 0.638. The van der Waals surface area contributed by atoms with E-state index in [0.717, 1.165) is 29.9 Å². The standard InChI is InChI=1S/C23H31N5O2/c1-24-21(29)19-9-5-7-17(15-19)11-13-26-23(25-2)27-14-12-18-8-6-10-20(16-18)22(30)28(3)4/h5-10,15-16H,11-14H2,1-4H3,(H,24,29)(H2,25,26,27). The molecule has 0 aliphatic carbocycles. The number of aliphatic imine (C=N–C) groups is 1. The Hall–Kier alpha value is -3.35. The minimum atomic E-state index is -0.0846. The van der Waals surface area contributed by atoms with E-state index in [-0.39, 0.29) is 11.8 Å². The third-order valence-electron chi connectivity index (χ3n) is 4.63. The molecule has 3 N–H and O–H groups in total. The van der Waals surface area contributed by atoms with Gasteiger partial charge in [-0.15, -0.1) is 0 Å². The highest BCUT2D eigenvalue weighted by molar-refractivity contribution is 5.94. The van der Waals surface area contributed by atoms with Crippen LogP contribution in [0.1, 0.15) is 31.8 Å². The summed E-state index contributed by atoms with van der Waals surface area (Å²) in [4.78, 5) is 29.7. The van der Waals surface area contributed by atoms with Crippen molar-refractivity contribution >= 4 is 17.8 Å². The van der Waals surface area contributed by atoms with Crippen LogP contribution < -0.4 is 16.0 Å². The minimum absolute atomic E-state index is 0.00257. The normalized spacial score (nSPS) is 11.0. The molecule has 7 heteroatoms. The third kappa shape index (κ3) is 6.92. The fraction of sp³-hybridized carbons (Fsp3) is 0.348. The molecule has 2 rings (SSSR count). The number of rotatable bonds is 8. The second kappa shape index (κ2) is 11.6. The molecule has 0 bridgehead atoms. The van der Waals surface area contributed by atoms with Crippen molar-refractivity contribution in [2.24, 2.45) is 4.99 Å². The number of nitrogens with zero attached hydrogens (tertiary/aromatic N) is 2. The van der Waals surface area contributed by atoms with Crippen LogP contribution in [-0.2, 0) is 12.8 Å². The SMILES string of the molecule is CN=C(NCCc1cccc(C(=O)NC)c1)NCCc1cccc(C(=O)N(C)C)c1. The molecule has 0 aliphatic heterocycles. The Balaban J connectivity index is 1.80. The van der Waals surface area contributed by atoms with Crippen molar-refractivity contribution < 1.29 is 9.59 Å². The lowest BCUT2D eigenvalue weighted by atomic mass is 10.1. The van der Waals surface area contributed by atoms with Crippen LogP contribution in [0.25, 0.3) is 0 Å². The smallest absolute Gasteiger partial charge is 0.253 e. The topological polar surface area (TPSA) is 85.8 Å². The fourth-order valence-electron chi connectivity index (χ4n) is 3.00. The van der Waals surface area contributed by atoms with Crippen LogP contribution in [0, 0.1) is 0 Å². The Morgan fingerprint density at radius 1 is 0.900 bits per heavy atom. The highest BCUT2D eigenvalue weighted by Gasteiger charge is 2.08. The van der Waals surface area contributed by atoms with Gasteiger partial charge in [-0.1, -0.05) is 24.3 Å². The maximum atomic E-state index is 12.1. The average molecular weight is 410 g/mol. The molecule has 160 valence electrons. The first-order valence-electron chi connectivity index (χ1n) is 10.0. The Morgan fingerprint density at radius 2 is 1.43 bits per heavy atom. The molecule has 0 saturated heterocycles. The molecule has 0 atom stereocenters. The van der Waals surface area contributed by atoms with Gasteiger partial charge in [0, 0.05) is 52.4 Å². The van der Waals surface area contributed by atoms with Crippen molar-refractivity contribution in [1.29, 1.82) is 0 Å². The monoisotopic (exact) mass is 409 g/mol. The lowest BCUT2D eigenvalue weighted by Gasteiger charge is -2.13. The molecule has 0 heterocycles. The molecular weight excluding hydrogens is 378 g/mol. The van der Waals surface area contributed by atoms with Gasteiger partial charge in [-0.25, -0.2) is 0 Å². The molecule has 0 radical (unpaired) electrons. The first-order chi connectivity index (χ1) is 14.4. The average Bonchev–Trinajstić information content (AvgIpc) is 2.77. The summed E-state index contributed by atoms with van der Waals surface area (Å²) in [7, 11) is 6.86. The van der Waals surface area contributed by atoms with Crippen LogP contribution in [0.5, 0.6) is 0 Å². The summed E-state index contributed by atoms with van der Waals surface area (Å²) in [5, 5.41) is 9.22. The molecule has 0 saturated carbocycles. The Morgan fingerprint density at radius 3 is 1.93 bits per heavy atom. The second-order valence-electron chi connectivity index (χ2n) is 7.11. The summed E-state index contributed by atoms with van der Waals surface area (Å²) >= 11 is 0. The van der Waals surface area contributed by atoms with Crippen molar-refractivity contribution in [1.82, 2.24) is 20.9 Å². The van der Waals surface area contributed by atoms with E-state index in [2.05, 4.69) is 20.9 Å². The number of benzene rings is 2. The largest absolute Gasteiger partial charge is 0.356 e. The van der Waals surface area contributed by atoms with Gasteiger partial charge in [-0.05, 0) is 48.2 Å².